The van der Waals surface area contributed by atoms with Crippen LogP contribution in [0.3, 0.4) is 0 Å². The van der Waals surface area contributed by atoms with Gasteiger partial charge in [-0.15, -0.1) is 11.3 Å². The molecule has 0 aliphatic heterocycles. The minimum Gasteiger partial charge on any atom is -0.497 e. The van der Waals surface area contributed by atoms with Gasteiger partial charge in [-0.2, -0.15) is 0 Å². The fraction of sp³-hybridized carbons (Fsp3) is 0.0476. The molecule has 160 valence electrons. The maximum Gasteiger partial charge on any atom is 0.261 e. The number of thiocarbonyl (C=S) groups is 1. The molecule has 3 N–H and O–H groups in total. The molecule has 10 heteroatoms. The van der Waals surface area contributed by atoms with Crippen LogP contribution < -0.4 is 20.1 Å². The Hall–Kier alpha value is -3.21. The van der Waals surface area contributed by atoms with Crippen LogP contribution in [0.4, 0.5) is 11.4 Å². The highest BCUT2D eigenvalue weighted by atomic mass is 32.2. The molecule has 0 saturated heterocycles. The molecule has 1 aromatic heterocycles. The second-order valence-electron chi connectivity index (χ2n) is 6.15. The Kier molecular flexibility index (Phi) is 7.40. The molecule has 0 spiro atoms. The molecule has 0 aliphatic rings. The average Bonchev–Trinajstić information content (AvgIpc) is 3.26. The number of amides is 1. The van der Waals surface area contributed by atoms with Gasteiger partial charge in [-0.25, -0.2) is 8.42 Å². The van der Waals surface area contributed by atoms with Gasteiger partial charge in [0.2, 0.25) is 5.91 Å². The molecular weight excluding hydrogens is 454 g/mol. The van der Waals surface area contributed by atoms with Gasteiger partial charge in [0.25, 0.3) is 10.0 Å². The predicted molar refractivity (Wildman–Crippen MR) is 128 cm³/mol. The zero-order valence-corrected chi connectivity index (χ0v) is 18.8. The summed E-state index contributed by atoms with van der Waals surface area (Å²) in [5, 5.41) is 7.40. The molecule has 3 rings (SSSR count). The van der Waals surface area contributed by atoms with E-state index in [4.69, 9.17) is 17.0 Å². The fourth-order valence-electron chi connectivity index (χ4n) is 2.45. The highest BCUT2D eigenvalue weighted by Crippen LogP contribution is 2.20. The van der Waals surface area contributed by atoms with E-state index in [9.17, 15) is 13.2 Å². The number of rotatable bonds is 7. The molecule has 1 amide bonds. The standard InChI is InChI=1S/C21H19N3O4S3/c1-28-17-8-4-16(5-9-17)24-31(26,27)19-11-6-15(7-12-19)22-21(29)23-20(25)13-10-18-3-2-14-30-18/h2-14,24H,1H3,(H2,22,23,25,29)/b13-10+. The monoisotopic (exact) mass is 473 g/mol. The number of nitrogens with one attached hydrogen (secondary N) is 3. The summed E-state index contributed by atoms with van der Waals surface area (Å²) in [7, 11) is -2.22. The fourth-order valence-corrected chi connectivity index (χ4v) is 4.35. The Labute approximate surface area is 189 Å². The van der Waals surface area contributed by atoms with Crippen molar-refractivity contribution in [1.82, 2.24) is 5.32 Å². The first kappa shape index (κ1) is 22.5. The van der Waals surface area contributed by atoms with Gasteiger partial charge in [0.05, 0.1) is 12.0 Å². The van der Waals surface area contributed by atoms with Gasteiger partial charge in [0, 0.05) is 22.3 Å². The third kappa shape index (κ3) is 6.64. The minimum atomic E-state index is -3.76. The van der Waals surface area contributed by atoms with Gasteiger partial charge in [-0.1, -0.05) is 6.07 Å². The molecule has 0 atom stereocenters. The van der Waals surface area contributed by atoms with Crippen LogP contribution in [0.1, 0.15) is 4.88 Å². The molecule has 0 radical (unpaired) electrons. The van der Waals surface area contributed by atoms with E-state index >= 15 is 0 Å². The Balaban J connectivity index is 1.57. The van der Waals surface area contributed by atoms with Crippen LogP contribution in [0.15, 0.2) is 77.0 Å². The van der Waals surface area contributed by atoms with E-state index in [1.165, 1.54) is 36.7 Å². The molecular formula is C21H19N3O4S3. The molecule has 0 saturated carbocycles. The Morgan fingerprint density at radius 3 is 2.32 bits per heavy atom. The summed E-state index contributed by atoms with van der Waals surface area (Å²) in [6.45, 7) is 0. The summed E-state index contributed by atoms with van der Waals surface area (Å²) in [5.41, 5.74) is 0.957. The highest BCUT2D eigenvalue weighted by Gasteiger charge is 2.14. The van der Waals surface area contributed by atoms with Gasteiger partial charge in [0.15, 0.2) is 5.11 Å². The van der Waals surface area contributed by atoms with Crippen molar-refractivity contribution < 1.29 is 17.9 Å². The number of sulfonamides is 1. The van der Waals surface area contributed by atoms with E-state index < -0.39 is 10.0 Å². The molecule has 3 aromatic rings. The van der Waals surface area contributed by atoms with Crippen LogP contribution in [-0.4, -0.2) is 26.5 Å². The summed E-state index contributed by atoms with van der Waals surface area (Å²) in [6.07, 6.45) is 3.08. The summed E-state index contributed by atoms with van der Waals surface area (Å²) >= 11 is 6.64. The van der Waals surface area contributed by atoms with Gasteiger partial charge < -0.3 is 10.1 Å². The van der Waals surface area contributed by atoms with E-state index in [1.54, 1.807) is 42.5 Å². The third-order valence-electron chi connectivity index (χ3n) is 3.94. The van der Waals surface area contributed by atoms with Crippen molar-refractivity contribution in [3.8, 4) is 5.75 Å². The van der Waals surface area contributed by atoms with Crippen LogP contribution in [0, 0.1) is 0 Å². The van der Waals surface area contributed by atoms with E-state index in [1.807, 2.05) is 17.5 Å². The Morgan fingerprint density at radius 1 is 1.03 bits per heavy atom. The minimum absolute atomic E-state index is 0.0858. The number of benzene rings is 2. The SMILES string of the molecule is COc1ccc(NS(=O)(=O)c2ccc(NC(=S)NC(=O)/C=C/c3cccs3)cc2)cc1. The van der Waals surface area contributed by atoms with Gasteiger partial charge >= 0.3 is 0 Å². The van der Waals surface area contributed by atoms with E-state index in [0.29, 0.717) is 17.1 Å². The number of thiophene rings is 1. The Bertz CT molecular complexity index is 1170. The van der Waals surface area contributed by atoms with Crippen LogP contribution in [0.25, 0.3) is 6.08 Å². The predicted octanol–water partition coefficient (Wildman–Crippen LogP) is 4.08. The lowest BCUT2D eigenvalue weighted by atomic mass is 10.3. The molecule has 1 heterocycles. The lowest BCUT2D eigenvalue weighted by Crippen LogP contribution is -2.32. The number of hydrogen-bond acceptors (Lipinski definition) is 6. The molecule has 0 fully saturated rings. The molecule has 0 aliphatic carbocycles. The van der Waals surface area contributed by atoms with Crippen molar-refractivity contribution in [2.75, 3.05) is 17.1 Å². The zero-order chi connectivity index (χ0) is 22.3. The smallest absolute Gasteiger partial charge is 0.261 e. The van der Waals surface area contributed by atoms with Crippen LogP contribution >= 0.6 is 23.6 Å². The lowest BCUT2D eigenvalue weighted by Gasteiger charge is -2.11. The number of anilines is 2. The first-order valence-electron chi connectivity index (χ1n) is 8.96. The van der Waals surface area contributed by atoms with Crippen molar-refractivity contribution >= 4 is 62.0 Å². The second-order valence-corrected chi connectivity index (χ2v) is 9.22. The zero-order valence-electron chi connectivity index (χ0n) is 16.4. The summed E-state index contributed by atoms with van der Waals surface area (Å²) in [6, 6.07) is 16.3. The van der Waals surface area contributed by atoms with Gasteiger partial charge in [0.1, 0.15) is 5.75 Å². The lowest BCUT2D eigenvalue weighted by molar-refractivity contribution is -0.115. The van der Waals surface area contributed by atoms with Gasteiger partial charge in [-0.05, 0) is 78.3 Å². The topological polar surface area (TPSA) is 96.5 Å². The van der Waals surface area contributed by atoms with Crippen LogP contribution in [0.5, 0.6) is 5.75 Å². The number of carbonyl (C=O) groups excluding carboxylic acids is 1. The molecule has 31 heavy (non-hydrogen) atoms. The number of carbonyl (C=O) groups is 1. The van der Waals surface area contributed by atoms with Crippen molar-refractivity contribution in [3.63, 3.8) is 0 Å². The van der Waals surface area contributed by atoms with Crippen LogP contribution in [-0.2, 0) is 14.8 Å². The van der Waals surface area contributed by atoms with Crippen molar-refractivity contribution in [1.29, 1.82) is 0 Å². The normalized spacial score (nSPS) is 11.1. The van der Waals surface area contributed by atoms with E-state index in [2.05, 4.69) is 15.4 Å². The third-order valence-corrected chi connectivity index (χ3v) is 6.38. The first-order valence-corrected chi connectivity index (χ1v) is 11.7. The van der Waals surface area contributed by atoms with Crippen molar-refractivity contribution in [2.45, 2.75) is 4.90 Å². The van der Waals surface area contributed by atoms with Crippen LogP contribution in [0.2, 0.25) is 0 Å². The van der Waals surface area contributed by atoms with Gasteiger partial charge in [-0.3, -0.25) is 14.8 Å². The second kappa shape index (κ2) is 10.2. The summed E-state index contributed by atoms with van der Waals surface area (Å²) < 4.78 is 32.7. The Morgan fingerprint density at radius 2 is 1.71 bits per heavy atom. The van der Waals surface area contributed by atoms with Crippen molar-refractivity contribution in [2.24, 2.45) is 0 Å². The average molecular weight is 474 g/mol. The van der Waals surface area contributed by atoms with E-state index in [-0.39, 0.29) is 15.9 Å². The first-order chi connectivity index (χ1) is 14.9. The number of ether oxygens (including phenoxy) is 1. The van der Waals surface area contributed by atoms with Crippen molar-refractivity contribution in [3.05, 3.63) is 77.0 Å². The summed E-state index contributed by atoms with van der Waals surface area (Å²) in [4.78, 5) is 13.0. The number of methoxy groups -OCH3 is 1. The van der Waals surface area contributed by atoms with E-state index in [0.717, 1.165) is 4.88 Å². The molecule has 0 unspecified atom stereocenters. The highest BCUT2D eigenvalue weighted by molar-refractivity contribution is 7.92. The summed E-state index contributed by atoms with van der Waals surface area (Å²) in [5.74, 6) is 0.261. The maximum atomic E-state index is 12.6. The molecule has 7 nitrogen and oxygen atoms in total. The quantitative estimate of drug-likeness (QED) is 0.353. The maximum absolute atomic E-state index is 12.6. The molecule has 2 aromatic carbocycles. The number of hydrogen-bond donors (Lipinski definition) is 3. The largest absolute Gasteiger partial charge is 0.497 e. The molecule has 0 bridgehead atoms.